The fraction of sp³-hybridized carbons (Fsp3) is 1.00. The van der Waals surface area contributed by atoms with Crippen LogP contribution in [-0.2, 0) is 0 Å². The molecule has 1 aliphatic heterocycles. The van der Waals surface area contributed by atoms with Crippen LogP contribution in [0.5, 0.6) is 0 Å². The molecule has 0 radical (unpaired) electrons. The molecule has 1 aliphatic rings. The predicted octanol–water partition coefficient (Wildman–Crippen LogP) is 3.03. The SMILES string of the molecule is CCCCCCC(C)N1CCNCC1(C)C. The summed E-state index contributed by atoms with van der Waals surface area (Å²) in [7, 11) is 0. The molecule has 1 heterocycles. The summed E-state index contributed by atoms with van der Waals surface area (Å²) in [5.74, 6) is 0. The molecular weight excluding hydrogens is 196 g/mol. The van der Waals surface area contributed by atoms with Gasteiger partial charge in [-0.25, -0.2) is 0 Å². The van der Waals surface area contributed by atoms with Crippen molar-refractivity contribution in [2.24, 2.45) is 0 Å². The van der Waals surface area contributed by atoms with Crippen LogP contribution in [0.3, 0.4) is 0 Å². The molecule has 1 atom stereocenters. The summed E-state index contributed by atoms with van der Waals surface area (Å²) in [6, 6.07) is 0.744. The fourth-order valence-corrected chi connectivity index (χ4v) is 2.84. The monoisotopic (exact) mass is 226 g/mol. The van der Waals surface area contributed by atoms with Crippen molar-refractivity contribution < 1.29 is 0 Å². The van der Waals surface area contributed by atoms with Gasteiger partial charge in [0, 0.05) is 31.2 Å². The number of hydrogen-bond donors (Lipinski definition) is 1. The lowest BCUT2D eigenvalue weighted by molar-refractivity contribution is 0.0476. The van der Waals surface area contributed by atoms with Crippen LogP contribution in [0.1, 0.15) is 59.8 Å². The van der Waals surface area contributed by atoms with Crippen LogP contribution < -0.4 is 5.32 Å². The van der Waals surface area contributed by atoms with Crippen molar-refractivity contribution in [2.75, 3.05) is 19.6 Å². The van der Waals surface area contributed by atoms with Gasteiger partial charge in [-0.15, -0.1) is 0 Å². The van der Waals surface area contributed by atoms with E-state index >= 15 is 0 Å². The second kappa shape index (κ2) is 6.61. The van der Waals surface area contributed by atoms with Gasteiger partial charge in [0.1, 0.15) is 0 Å². The van der Waals surface area contributed by atoms with Crippen molar-refractivity contribution in [3.63, 3.8) is 0 Å². The Hall–Kier alpha value is -0.0800. The number of unbranched alkanes of at least 4 members (excludes halogenated alkanes) is 3. The number of piperazine rings is 1. The lowest BCUT2D eigenvalue weighted by Crippen LogP contribution is -2.60. The standard InChI is InChI=1S/C14H30N2/c1-5-6-7-8-9-13(2)16-11-10-15-12-14(16,3)4/h13,15H,5-12H2,1-4H3. The lowest BCUT2D eigenvalue weighted by atomic mass is 9.96. The van der Waals surface area contributed by atoms with E-state index < -0.39 is 0 Å². The van der Waals surface area contributed by atoms with Crippen LogP contribution in [0.25, 0.3) is 0 Å². The van der Waals surface area contributed by atoms with Gasteiger partial charge in [-0.2, -0.15) is 0 Å². The Labute approximate surface area is 102 Å². The molecule has 0 spiro atoms. The molecular formula is C14H30N2. The van der Waals surface area contributed by atoms with Crippen LogP contribution >= 0.6 is 0 Å². The first-order valence-corrected chi connectivity index (χ1v) is 7.05. The Kier molecular flexibility index (Phi) is 5.77. The number of nitrogens with zero attached hydrogens (tertiary/aromatic N) is 1. The van der Waals surface area contributed by atoms with Gasteiger partial charge in [-0.3, -0.25) is 4.90 Å². The van der Waals surface area contributed by atoms with Crippen molar-refractivity contribution in [2.45, 2.75) is 71.4 Å². The topological polar surface area (TPSA) is 15.3 Å². The molecule has 0 bridgehead atoms. The van der Waals surface area contributed by atoms with E-state index in [1.807, 2.05) is 0 Å². The van der Waals surface area contributed by atoms with Crippen LogP contribution in [0.15, 0.2) is 0 Å². The summed E-state index contributed by atoms with van der Waals surface area (Å²) < 4.78 is 0. The van der Waals surface area contributed by atoms with Gasteiger partial charge < -0.3 is 5.32 Å². The number of hydrogen-bond acceptors (Lipinski definition) is 2. The summed E-state index contributed by atoms with van der Waals surface area (Å²) >= 11 is 0. The summed E-state index contributed by atoms with van der Waals surface area (Å²) in [6.07, 6.45) is 6.91. The maximum Gasteiger partial charge on any atom is 0.0281 e. The molecule has 2 heteroatoms. The van der Waals surface area contributed by atoms with Crippen LogP contribution in [-0.4, -0.2) is 36.1 Å². The van der Waals surface area contributed by atoms with Gasteiger partial charge in [0.25, 0.3) is 0 Å². The van der Waals surface area contributed by atoms with E-state index in [-0.39, 0.29) is 0 Å². The van der Waals surface area contributed by atoms with E-state index in [0.717, 1.165) is 19.1 Å². The molecule has 0 aliphatic carbocycles. The zero-order valence-corrected chi connectivity index (χ0v) is 11.7. The van der Waals surface area contributed by atoms with Gasteiger partial charge in [0.2, 0.25) is 0 Å². The third-order valence-corrected chi connectivity index (χ3v) is 3.87. The van der Waals surface area contributed by atoms with E-state index in [4.69, 9.17) is 0 Å². The molecule has 1 N–H and O–H groups in total. The van der Waals surface area contributed by atoms with Crippen molar-refractivity contribution >= 4 is 0 Å². The summed E-state index contributed by atoms with van der Waals surface area (Å²) in [6.45, 7) is 12.9. The molecule has 1 unspecified atom stereocenters. The van der Waals surface area contributed by atoms with Gasteiger partial charge >= 0.3 is 0 Å². The molecule has 1 rings (SSSR count). The average Bonchev–Trinajstić information content (AvgIpc) is 2.23. The summed E-state index contributed by atoms with van der Waals surface area (Å²) in [4.78, 5) is 2.69. The predicted molar refractivity (Wildman–Crippen MR) is 71.9 cm³/mol. The van der Waals surface area contributed by atoms with Gasteiger partial charge in [0.05, 0.1) is 0 Å². The van der Waals surface area contributed by atoms with Crippen LogP contribution in [0.2, 0.25) is 0 Å². The highest BCUT2D eigenvalue weighted by molar-refractivity contribution is 4.90. The minimum absolute atomic E-state index is 0.336. The highest BCUT2D eigenvalue weighted by atomic mass is 15.3. The maximum atomic E-state index is 3.49. The number of rotatable bonds is 6. The summed E-state index contributed by atoms with van der Waals surface area (Å²) in [5, 5.41) is 3.49. The minimum atomic E-state index is 0.336. The molecule has 0 amide bonds. The Balaban J connectivity index is 2.31. The third kappa shape index (κ3) is 4.06. The quantitative estimate of drug-likeness (QED) is 0.700. The smallest absolute Gasteiger partial charge is 0.0281 e. The Morgan fingerprint density at radius 3 is 2.62 bits per heavy atom. The molecule has 96 valence electrons. The van der Waals surface area contributed by atoms with E-state index in [1.165, 1.54) is 38.6 Å². The van der Waals surface area contributed by atoms with Crippen LogP contribution in [0.4, 0.5) is 0 Å². The minimum Gasteiger partial charge on any atom is -0.314 e. The molecule has 16 heavy (non-hydrogen) atoms. The van der Waals surface area contributed by atoms with E-state index in [2.05, 4.69) is 37.9 Å². The van der Waals surface area contributed by atoms with E-state index in [1.54, 1.807) is 0 Å². The Morgan fingerprint density at radius 1 is 1.25 bits per heavy atom. The van der Waals surface area contributed by atoms with Gasteiger partial charge in [-0.1, -0.05) is 32.6 Å². The van der Waals surface area contributed by atoms with E-state index in [0.29, 0.717) is 5.54 Å². The zero-order valence-electron chi connectivity index (χ0n) is 11.7. The summed E-state index contributed by atoms with van der Waals surface area (Å²) in [5.41, 5.74) is 0.336. The Bertz CT molecular complexity index is 189. The maximum absolute atomic E-state index is 3.49. The molecule has 0 aromatic rings. The molecule has 0 aromatic heterocycles. The average molecular weight is 226 g/mol. The molecule has 1 fully saturated rings. The fourth-order valence-electron chi connectivity index (χ4n) is 2.84. The normalized spacial score (nSPS) is 23.2. The Morgan fingerprint density at radius 2 is 2.00 bits per heavy atom. The van der Waals surface area contributed by atoms with Crippen molar-refractivity contribution in [1.29, 1.82) is 0 Å². The molecule has 0 aromatic carbocycles. The van der Waals surface area contributed by atoms with Crippen molar-refractivity contribution in [3.8, 4) is 0 Å². The lowest BCUT2D eigenvalue weighted by Gasteiger charge is -2.46. The highest BCUT2D eigenvalue weighted by Gasteiger charge is 2.32. The molecule has 1 saturated heterocycles. The van der Waals surface area contributed by atoms with Gasteiger partial charge in [-0.05, 0) is 27.2 Å². The zero-order chi connectivity index (χ0) is 12.0. The first-order valence-electron chi connectivity index (χ1n) is 7.05. The second-order valence-corrected chi connectivity index (χ2v) is 5.88. The second-order valence-electron chi connectivity index (χ2n) is 5.88. The van der Waals surface area contributed by atoms with Crippen molar-refractivity contribution in [1.82, 2.24) is 10.2 Å². The highest BCUT2D eigenvalue weighted by Crippen LogP contribution is 2.22. The van der Waals surface area contributed by atoms with Crippen LogP contribution in [0, 0.1) is 0 Å². The van der Waals surface area contributed by atoms with Gasteiger partial charge in [0.15, 0.2) is 0 Å². The number of nitrogens with one attached hydrogen (secondary N) is 1. The molecule has 0 saturated carbocycles. The molecule has 2 nitrogen and oxygen atoms in total. The first-order chi connectivity index (χ1) is 7.58. The largest absolute Gasteiger partial charge is 0.314 e. The van der Waals surface area contributed by atoms with Crippen molar-refractivity contribution in [3.05, 3.63) is 0 Å². The van der Waals surface area contributed by atoms with E-state index in [9.17, 15) is 0 Å². The third-order valence-electron chi connectivity index (χ3n) is 3.87. The first kappa shape index (κ1) is 14.0.